The molecule has 0 spiro atoms. The number of rotatable bonds is 7. The molecule has 31 heavy (non-hydrogen) atoms. The van der Waals surface area contributed by atoms with Crippen molar-refractivity contribution in [2.75, 3.05) is 13.1 Å². The van der Waals surface area contributed by atoms with Crippen LogP contribution in [0.5, 0.6) is 0 Å². The highest BCUT2D eigenvalue weighted by molar-refractivity contribution is 5.99. The second-order valence-corrected chi connectivity index (χ2v) is 10.2. The minimum absolute atomic E-state index is 0.0171. The van der Waals surface area contributed by atoms with Gasteiger partial charge in [-0.3, -0.25) is 14.6 Å². The average Bonchev–Trinajstić information content (AvgIpc) is 2.72. The molecule has 1 fully saturated rings. The van der Waals surface area contributed by atoms with Crippen LogP contribution in [0.1, 0.15) is 45.7 Å². The predicted molar refractivity (Wildman–Crippen MR) is 124 cm³/mol. The standard InChI is InChI=1S/C26H35N3O2/c1-25(2,3)22(18-29-23(30)26(4,5)19-27-24(29)31)28(16-20-12-8-6-9-13-20)17-21-14-10-7-11-15-21/h6-15,22H,16-19H2,1-5H3,(H,27,31)/t22-/m1/s1. The molecule has 166 valence electrons. The summed E-state index contributed by atoms with van der Waals surface area (Å²) in [5.41, 5.74) is 1.68. The zero-order valence-electron chi connectivity index (χ0n) is 19.4. The van der Waals surface area contributed by atoms with Gasteiger partial charge in [-0.2, -0.15) is 0 Å². The lowest BCUT2D eigenvalue weighted by molar-refractivity contribution is -0.140. The highest BCUT2D eigenvalue weighted by Gasteiger charge is 2.43. The Morgan fingerprint density at radius 1 is 0.935 bits per heavy atom. The Labute approximate surface area is 186 Å². The monoisotopic (exact) mass is 421 g/mol. The van der Waals surface area contributed by atoms with Crippen LogP contribution in [-0.4, -0.2) is 40.9 Å². The lowest BCUT2D eigenvalue weighted by Crippen LogP contribution is -2.62. The first-order valence-corrected chi connectivity index (χ1v) is 11.0. The van der Waals surface area contributed by atoms with E-state index in [1.165, 1.54) is 16.0 Å². The van der Waals surface area contributed by atoms with Crippen LogP contribution in [0.4, 0.5) is 4.79 Å². The smallest absolute Gasteiger partial charge is 0.324 e. The Bertz CT molecular complexity index is 846. The first kappa shape index (κ1) is 23.0. The molecule has 2 aromatic rings. The topological polar surface area (TPSA) is 52.7 Å². The Balaban J connectivity index is 1.94. The lowest BCUT2D eigenvalue weighted by atomic mass is 9.83. The second-order valence-electron chi connectivity index (χ2n) is 10.2. The number of benzene rings is 2. The van der Waals surface area contributed by atoms with Crippen LogP contribution in [-0.2, 0) is 17.9 Å². The maximum Gasteiger partial charge on any atom is 0.324 e. The molecule has 0 aliphatic carbocycles. The van der Waals surface area contributed by atoms with Crippen molar-refractivity contribution in [2.24, 2.45) is 10.8 Å². The number of hydrogen-bond acceptors (Lipinski definition) is 3. The molecule has 2 aromatic carbocycles. The van der Waals surface area contributed by atoms with Crippen molar-refractivity contribution in [3.8, 4) is 0 Å². The van der Waals surface area contributed by atoms with Crippen molar-refractivity contribution < 1.29 is 9.59 Å². The summed E-state index contributed by atoms with van der Waals surface area (Å²) in [5.74, 6) is -0.107. The van der Waals surface area contributed by atoms with Crippen molar-refractivity contribution in [2.45, 2.75) is 53.8 Å². The normalized spacial score (nSPS) is 17.5. The van der Waals surface area contributed by atoms with Gasteiger partial charge in [0.1, 0.15) is 0 Å². The molecule has 0 saturated carbocycles. The largest absolute Gasteiger partial charge is 0.337 e. The van der Waals surface area contributed by atoms with E-state index in [0.717, 1.165) is 13.1 Å². The van der Waals surface area contributed by atoms with Crippen LogP contribution in [0, 0.1) is 10.8 Å². The Morgan fingerprint density at radius 2 is 1.42 bits per heavy atom. The van der Waals surface area contributed by atoms with Crippen molar-refractivity contribution >= 4 is 11.9 Å². The molecule has 0 aromatic heterocycles. The molecule has 5 heteroatoms. The molecule has 0 radical (unpaired) electrons. The number of hydrogen-bond donors (Lipinski definition) is 1. The number of amides is 3. The Hall–Kier alpha value is -2.66. The van der Waals surface area contributed by atoms with E-state index >= 15 is 0 Å². The molecule has 1 saturated heterocycles. The van der Waals surface area contributed by atoms with Gasteiger partial charge < -0.3 is 5.32 Å². The summed E-state index contributed by atoms with van der Waals surface area (Å²) in [7, 11) is 0. The van der Waals surface area contributed by atoms with Crippen LogP contribution >= 0.6 is 0 Å². The summed E-state index contributed by atoms with van der Waals surface area (Å²) in [6, 6.07) is 20.4. The third-order valence-electron chi connectivity index (χ3n) is 6.00. The van der Waals surface area contributed by atoms with Crippen molar-refractivity contribution in [3.63, 3.8) is 0 Å². The van der Waals surface area contributed by atoms with Gasteiger partial charge in [0, 0.05) is 32.2 Å². The third kappa shape index (κ3) is 5.73. The van der Waals surface area contributed by atoms with Crippen LogP contribution in [0.3, 0.4) is 0 Å². The van der Waals surface area contributed by atoms with E-state index in [4.69, 9.17) is 0 Å². The zero-order chi connectivity index (χ0) is 22.6. The molecule has 1 aliphatic rings. The molecular formula is C26H35N3O2. The van der Waals surface area contributed by atoms with E-state index in [9.17, 15) is 9.59 Å². The number of urea groups is 1. The molecule has 1 heterocycles. The first-order chi connectivity index (χ1) is 14.6. The minimum Gasteiger partial charge on any atom is -0.337 e. The maximum atomic E-state index is 13.1. The Kier molecular flexibility index (Phi) is 6.85. The van der Waals surface area contributed by atoms with Gasteiger partial charge in [-0.25, -0.2) is 4.79 Å². The molecule has 0 unspecified atom stereocenters. The Morgan fingerprint density at radius 3 is 1.87 bits per heavy atom. The number of carbonyl (C=O) groups excluding carboxylic acids is 2. The van der Waals surface area contributed by atoms with Gasteiger partial charge in [-0.15, -0.1) is 0 Å². The van der Waals surface area contributed by atoms with Crippen molar-refractivity contribution in [3.05, 3.63) is 71.8 Å². The number of nitrogens with zero attached hydrogens (tertiary/aromatic N) is 2. The summed E-state index contributed by atoms with van der Waals surface area (Å²) >= 11 is 0. The zero-order valence-corrected chi connectivity index (χ0v) is 19.4. The van der Waals surface area contributed by atoms with Gasteiger partial charge in [-0.05, 0) is 30.4 Å². The lowest BCUT2D eigenvalue weighted by Gasteiger charge is -2.45. The van der Waals surface area contributed by atoms with Crippen LogP contribution in [0.15, 0.2) is 60.7 Å². The highest BCUT2D eigenvalue weighted by atomic mass is 16.2. The van der Waals surface area contributed by atoms with E-state index in [1.807, 2.05) is 50.2 Å². The second kappa shape index (κ2) is 9.23. The predicted octanol–water partition coefficient (Wildman–Crippen LogP) is 4.68. The van der Waals surface area contributed by atoms with Crippen LogP contribution < -0.4 is 5.32 Å². The maximum absolute atomic E-state index is 13.1. The van der Waals surface area contributed by atoms with E-state index in [-0.39, 0.29) is 23.4 Å². The fourth-order valence-electron chi connectivity index (χ4n) is 4.11. The van der Waals surface area contributed by atoms with E-state index in [2.05, 4.69) is 55.3 Å². The van der Waals surface area contributed by atoms with Crippen molar-refractivity contribution in [1.29, 1.82) is 0 Å². The van der Waals surface area contributed by atoms with Gasteiger partial charge >= 0.3 is 6.03 Å². The fourth-order valence-corrected chi connectivity index (χ4v) is 4.11. The molecule has 1 N–H and O–H groups in total. The molecule has 5 nitrogen and oxygen atoms in total. The minimum atomic E-state index is -0.597. The molecule has 1 atom stereocenters. The summed E-state index contributed by atoms with van der Waals surface area (Å²) in [6.45, 7) is 12.5. The first-order valence-electron chi connectivity index (χ1n) is 11.0. The summed E-state index contributed by atoms with van der Waals surface area (Å²) < 4.78 is 0. The van der Waals surface area contributed by atoms with E-state index in [0.29, 0.717) is 13.1 Å². The molecule has 1 aliphatic heterocycles. The van der Waals surface area contributed by atoms with Gasteiger partial charge in [-0.1, -0.05) is 81.4 Å². The van der Waals surface area contributed by atoms with E-state index < -0.39 is 5.41 Å². The molecular weight excluding hydrogens is 386 g/mol. The van der Waals surface area contributed by atoms with Gasteiger partial charge in [0.05, 0.1) is 5.41 Å². The van der Waals surface area contributed by atoms with Crippen LogP contribution in [0.25, 0.3) is 0 Å². The van der Waals surface area contributed by atoms with Gasteiger partial charge in [0.2, 0.25) is 5.91 Å². The average molecular weight is 422 g/mol. The van der Waals surface area contributed by atoms with Gasteiger partial charge in [0.15, 0.2) is 0 Å². The number of nitrogens with one attached hydrogen (secondary N) is 1. The highest BCUT2D eigenvalue weighted by Crippen LogP contribution is 2.31. The van der Waals surface area contributed by atoms with Gasteiger partial charge in [0.25, 0.3) is 0 Å². The fraction of sp³-hybridized carbons (Fsp3) is 0.462. The SMILES string of the molecule is CC1(C)CNC(=O)N(C[C@@H](N(Cc2ccccc2)Cc2ccccc2)C(C)(C)C)C1=O. The third-order valence-corrected chi connectivity index (χ3v) is 6.00. The summed E-state index contributed by atoms with van der Waals surface area (Å²) in [4.78, 5) is 29.6. The summed E-state index contributed by atoms with van der Waals surface area (Å²) in [5, 5.41) is 2.90. The van der Waals surface area contributed by atoms with Crippen LogP contribution in [0.2, 0.25) is 0 Å². The molecule has 3 amide bonds. The summed E-state index contributed by atoms with van der Waals surface area (Å²) in [6.07, 6.45) is 0. The number of imide groups is 1. The van der Waals surface area contributed by atoms with Crippen molar-refractivity contribution in [1.82, 2.24) is 15.1 Å². The number of carbonyl (C=O) groups is 2. The molecule has 3 rings (SSSR count). The molecule has 0 bridgehead atoms. The quantitative estimate of drug-likeness (QED) is 0.706. The van der Waals surface area contributed by atoms with E-state index in [1.54, 1.807) is 0 Å².